The van der Waals surface area contributed by atoms with E-state index >= 15 is 0 Å². The molecule has 0 spiro atoms. The number of thiazole rings is 1. The summed E-state index contributed by atoms with van der Waals surface area (Å²) in [4.78, 5) is 16.2. The first-order chi connectivity index (χ1) is 10.0. The highest BCUT2D eigenvalue weighted by molar-refractivity contribution is 7.17. The predicted molar refractivity (Wildman–Crippen MR) is 81.0 cm³/mol. The zero-order valence-electron chi connectivity index (χ0n) is 11.5. The standard InChI is InChI=1S/C13H14N4O3S/c1-7-11(21-13(14)16-7)12(19)17-15-6-8-3-4-10(20-2)9(18)5-8/h3-6,18H,1-2H3,(H2,14,16)(H,17,19)/b15-6+. The van der Waals surface area contributed by atoms with Gasteiger partial charge in [0.25, 0.3) is 5.91 Å². The molecule has 0 bridgehead atoms. The molecule has 0 aliphatic carbocycles. The Hall–Kier alpha value is -2.61. The zero-order valence-corrected chi connectivity index (χ0v) is 12.3. The van der Waals surface area contributed by atoms with Crippen LogP contribution in [-0.2, 0) is 0 Å². The lowest BCUT2D eigenvalue weighted by molar-refractivity contribution is 0.0958. The van der Waals surface area contributed by atoms with Gasteiger partial charge in [-0.25, -0.2) is 10.4 Å². The number of aryl methyl sites for hydroxylation is 1. The van der Waals surface area contributed by atoms with Crippen LogP contribution in [0.2, 0.25) is 0 Å². The maximum atomic E-state index is 11.9. The SMILES string of the molecule is COc1ccc(/C=N/NC(=O)c2sc(N)nc2C)cc1O. The minimum Gasteiger partial charge on any atom is -0.504 e. The van der Waals surface area contributed by atoms with Crippen LogP contribution in [0.4, 0.5) is 5.13 Å². The van der Waals surface area contributed by atoms with E-state index in [9.17, 15) is 9.90 Å². The summed E-state index contributed by atoms with van der Waals surface area (Å²) in [5.41, 5.74) is 9.09. The van der Waals surface area contributed by atoms with Gasteiger partial charge >= 0.3 is 0 Å². The van der Waals surface area contributed by atoms with Crippen molar-refractivity contribution in [1.82, 2.24) is 10.4 Å². The number of anilines is 1. The van der Waals surface area contributed by atoms with Crippen molar-refractivity contribution < 1.29 is 14.6 Å². The van der Waals surface area contributed by atoms with Crippen LogP contribution in [-0.4, -0.2) is 29.3 Å². The first-order valence-electron chi connectivity index (χ1n) is 5.94. The molecule has 0 aliphatic rings. The highest BCUT2D eigenvalue weighted by Gasteiger charge is 2.13. The van der Waals surface area contributed by atoms with E-state index in [0.717, 1.165) is 11.3 Å². The molecule has 2 aromatic rings. The van der Waals surface area contributed by atoms with E-state index in [0.29, 0.717) is 27.0 Å². The van der Waals surface area contributed by atoms with E-state index in [1.165, 1.54) is 19.4 Å². The number of hydrogen-bond donors (Lipinski definition) is 3. The van der Waals surface area contributed by atoms with Crippen molar-refractivity contribution in [2.24, 2.45) is 5.10 Å². The molecule has 8 heteroatoms. The van der Waals surface area contributed by atoms with E-state index in [-0.39, 0.29) is 11.7 Å². The van der Waals surface area contributed by atoms with Crippen LogP contribution in [0.1, 0.15) is 20.9 Å². The highest BCUT2D eigenvalue weighted by Crippen LogP contribution is 2.25. The monoisotopic (exact) mass is 306 g/mol. The van der Waals surface area contributed by atoms with Gasteiger partial charge in [0, 0.05) is 0 Å². The number of phenolic OH excluding ortho intramolecular Hbond substituents is 1. The van der Waals surface area contributed by atoms with Crippen molar-refractivity contribution in [3.05, 3.63) is 34.3 Å². The van der Waals surface area contributed by atoms with Crippen LogP contribution in [0.25, 0.3) is 0 Å². The van der Waals surface area contributed by atoms with Crippen molar-refractivity contribution in [3.8, 4) is 11.5 Å². The number of methoxy groups -OCH3 is 1. The van der Waals surface area contributed by atoms with Gasteiger partial charge in [0.2, 0.25) is 0 Å². The van der Waals surface area contributed by atoms with Gasteiger partial charge < -0.3 is 15.6 Å². The average molecular weight is 306 g/mol. The van der Waals surface area contributed by atoms with Crippen molar-refractivity contribution in [2.45, 2.75) is 6.92 Å². The summed E-state index contributed by atoms with van der Waals surface area (Å²) >= 11 is 1.10. The van der Waals surface area contributed by atoms with E-state index < -0.39 is 0 Å². The fourth-order valence-corrected chi connectivity index (χ4v) is 2.35. The van der Waals surface area contributed by atoms with Crippen LogP contribution in [0, 0.1) is 6.92 Å². The number of amides is 1. The summed E-state index contributed by atoms with van der Waals surface area (Å²) in [6, 6.07) is 4.78. The third-order valence-corrected chi connectivity index (χ3v) is 3.59. The molecule has 0 unspecified atom stereocenters. The largest absolute Gasteiger partial charge is 0.504 e. The molecule has 0 saturated heterocycles. The lowest BCUT2D eigenvalue weighted by atomic mass is 10.2. The molecule has 0 fully saturated rings. The molecule has 0 aliphatic heterocycles. The zero-order chi connectivity index (χ0) is 15.4. The summed E-state index contributed by atoms with van der Waals surface area (Å²) in [7, 11) is 1.46. The number of nitrogens with zero attached hydrogens (tertiary/aromatic N) is 2. The maximum absolute atomic E-state index is 11.9. The second kappa shape index (κ2) is 6.23. The van der Waals surface area contributed by atoms with Crippen molar-refractivity contribution in [2.75, 3.05) is 12.8 Å². The van der Waals surface area contributed by atoms with E-state index in [1.54, 1.807) is 19.1 Å². The van der Waals surface area contributed by atoms with Gasteiger partial charge in [0.15, 0.2) is 16.6 Å². The number of hydrazone groups is 1. The smallest absolute Gasteiger partial charge is 0.283 e. The van der Waals surface area contributed by atoms with Gasteiger partial charge in [-0.2, -0.15) is 5.10 Å². The number of ether oxygens (including phenoxy) is 1. The van der Waals surface area contributed by atoms with E-state index in [1.807, 2.05) is 0 Å². The van der Waals surface area contributed by atoms with Crippen LogP contribution < -0.4 is 15.9 Å². The number of aromatic nitrogens is 1. The summed E-state index contributed by atoms with van der Waals surface area (Å²) in [6.45, 7) is 1.70. The van der Waals surface area contributed by atoms with Gasteiger partial charge in [0.1, 0.15) is 4.88 Å². The minimum absolute atomic E-state index is 0.00106. The number of carbonyl (C=O) groups is 1. The normalized spacial score (nSPS) is 10.8. The van der Waals surface area contributed by atoms with Crippen molar-refractivity contribution in [3.63, 3.8) is 0 Å². The second-order valence-electron chi connectivity index (χ2n) is 4.10. The molecule has 0 saturated carbocycles. The Morgan fingerprint density at radius 1 is 1.57 bits per heavy atom. The van der Waals surface area contributed by atoms with E-state index in [4.69, 9.17) is 10.5 Å². The van der Waals surface area contributed by atoms with Gasteiger partial charge in [0.05, 0.1) is 19.0 Å². The van der Waals surface area contributed by atoms with Gasteiger partial charge in [-0.1, -0.05) is 11.3 Å². The van der Waals surface area contributed by atoms with Crippen LogP contribution >= 0.6 is 11.3 Å². The molecule has 1 amide bonds. The van der Waals surface area contributed by atoms with Crippen molar-refractivity contribution in [1.29, 1.82) is 0 Å². The average Bonchev–Trinajstić information content (AvgIpc) is 2.78. The minimum atomic E-state index is -0.379. The number of hydrogen-bond acceptors (Lipinski definition) is 7. The summed E-state index contributed by atoms with van der Waals surface area (Å²) in [5, 5.41) is 13.8. The first-order valence-corrected chi connectivity index (χ1v) is 6.76. The van der Waals surface area contributed by atoms with Gasteiger partial charge in [-0.3, -0.25) is 4.79 Å². The van der Waals surface area contributed by atoms with Crippen molar-refractivity contribution >= 4 is 28.6 Å². The number of phenols is 1. The molecule has 1 aromatic carbocycles. The molecule has 110 valence electrons. The number of nitrogen functional groups attached to an aromatic ring is 1. The third kappa shape index (κ3) is 3.48. The second-order valence-corrected chi connectivity index (χ2v) is 5.13. The first kappa shape index (κ1) is 14.8. The molecule has 2 rings (SSSR count). The van der Waals surface area contributed by atoms with E-state index in [2.05, 4.69) is 15.5 Å². The van der Waals surface area contributed by atoms with Crippen LogP contribution in [0.3, 0.4) is 0 Å². The quantitative estimate of drug-likeness (QED) is 0.586. The molecular weight excluding hydrogens is 292 g/mol. The topological polar surface area (TPSA) is 110 Å². The molecule has 1 heterocycles. The van der Waals surface area contributed by atoms with Gasteiger partial charge in [-0.05, 0) is 30.7 Å². The fraction of sp³-hybridized carbons (Fsp3) is 0.154. The molecule has 7 nitrogen and oxygen atoms in total. The maximum Gasteiger partial charge on any atom is 0.283 e. The van der Waals surface area contributed by atoms with Crippen LogP contribution in [0.15, 0.2) is 23.3 Å². The van der Waals surface area contributed by atoms with Gasteiger partial charge in [-0.15, -0.1) is 0 Å². The molecule has 21 heavy (non-hydrogen) atoms. The number of rotatable bonds is 4. The number of carbonyl (C=O) groups excluding carboxylic acids is 1. The predicted octanol–water partition coefficient (Wildman–Crippen LogP) is 1.51. The van der Waals surface area contributed by atoms with Crippen LogP contribution in [0.5, 0.6) is 11.5 Å². The Kier molecular flexibility index (Phi) is 4.39. The number of nitrogens with one attached hydrogen (secondary N) is 1. The Morgan fingerprint density at radius 2 is 2.33 bits per heavy atom. The molecule has 0 atom stereocenters. The molecular formula is C13H14N4O3S. The molecule has 4 N–H and O–H groups in total. The highest BCUT2D eigenvalue weighted by atomic mass is 32.1. The summed E-state index contributed by atoms with van der Waals surface area (Å²) in [5.74, 6) is -0.0125. The Morgan fingerprint density at radius 3 is 2.90 bits per heavy atom. The Balaban J connectivity index is 2.04. The number of aromatic hydroxyl groups is 1. The summed E-state index contributed by atoms with van der Waals surface area (Å²) < 4.78 is 4.93. The molecule has 1 aromatic heterocycles. The lowest BCUT2D eigenvalue weighted by Crippen LogP contribution is -2.17. The fourth-order valence-electron chi connectivity index (χ4n) is 1.63. The number of benzene rings is 1. The molecule has 0 radical (unpaired) electrons. The lowest BCUT2D eigenvalue weighted by Gasteiger charge is -2.03. The Bertz CT molecular complexity index is 697. The number of nitrogens with two attached hydrogens (primary N) is 1. The Labute approximate surface area is 125 Å². The summed E-state index contributed by atoms with van der Waals surface area (Å²) in [6.07, 6.45) is 1.41. The third-order valence-electron chi connectivity index (χ3n) is 2.60.